The van der Waals surface area contributed by atoms with Gasteiger partial charge in [-0.1, -0.05) is 12.1 Å². The van der Waals surface area contributed by atoms with Gasteiger partial charge in [-0.25, -0.2) is 0 Å². The molecule has 20 heavy (non-hydrogen) atoms. The van der Waals surface area contributed by atoms with Crippen molar-refractivity contribution in [1.82, 2.24) is 9.80 Å². The summed E-state index contributed by atoms with van der Waals surface area (Å²) in [5, 5.41) is 9.00. The lowest BCUT2D eigenvalue weighted by Gasteiger charge is -2.36. The lowest BCUT2D eigenvalue weighted by atomic mass is 10.1. The van der Waals surface area contributed by atoms with Crippen molar-refractivity contribution in [2.24, 2.45) is 0 Å². The van der Waals surface area contributed by atoms with E-state index in [0.717, 1.165) is 4.47 Å². The molecule has 1 saturated heterocycles. The summed E-state index contributed by atoms with van der Waals surface area (Å²) in [7, 11) is 0. The molecule has 0 radical (unpaired) electrons. The fourth-order valence-electron chi connectivity index (χ4n) is 2.27. The molecule has 1 N–H and O–H groups in total. The molecule has 1 heterocycles. The van der Waals surface area contributed by atoms with Crippen LogP contribution < -0.4 is 0 Å². The van der Waals surface area contributed by atoms with Gasteiger partial charge in [-0.05, 0) is 35.0 Å². The van der Waals surface area contributed by atoms with E-state index in [9.17, 15) is 9.59 Å². The summed E-state index contributed by atoms with van der Waals surface area (Å²) in [6.45, 7) is 3.95. The van der Waals surface area contributed by atoms with Crippen molar-refractivity contribution >= 4 is 27.8 Å². The molecular weight excluding hydrogens is 324 g/mol. The average Bonchev–Trinajstić information content (AvgIpc) is 2.46. The Morgan fingerprint density at radius 2 is 1.80 bits per heavy atom. The minimum atomic E-state index is -0.824. The molecule has 1 unspecified atom stereocenters. The number of piperazine rings is 1. The molecular formula is C14H17BrN2O3. The highest BCUT2D eigenvalue weighted by Crippen LogP contribution is 2.19. The molecule has 0 aliphatic carbocycles. The van der Waals surface area contributed by atoms with Gasteiger partial charge in [0.2, 0.25) is 0 Å². The number of nitrogens with zero attached hydrogens (tertiary/aromatic N) is 2. The van der Waals surface area contributed by atoms with Crippen LogP contribution in [-0.4, -0.2) is 59.0 Å². The van der Waals surface area contributed by atoms with Gasteiger partial charge < -0.3 is 10.0 Å². The maximum absolute atomic E-state index is 12.4. The summed E-state index contributed by atoms with van der Waals surface area (Å²) in [6.07, 6.45) is 0. The van der Waals surface area contributed by atoms with E-state index in [1.807, 2.05) is 23.1 Å². The highest BCUT2D eigenvalue weighted by Gasteiger charge is 2.28. The van der Waals surface area contributed by atoms with E-state index in [4.69, 9.17) is 5.11 Å². The number of hydrogen-bond acceptors (Lipinski definition) is 3. The monoisotopic (exact) mass is 340 g/mol. The molecule has 1 aliphatic heterocycles. The Kier molecular flexibility index (Phi) is 4.77. The van der Waals surface area contributed by atoms with Crippen LogP contribution in [0.3, 0.4) is 0 Å². The zero-order valence-corrected chi connectivity index (χ0v) is 12.8. The van der Waals surface area contributed by atoms with Crippen molar-refractivity contribution in [2.45, 2.75) is 13.0 Å². The molecule has 0 aromatic heterocycles. The highest BCUT2D eigenvalue weighted by molar-refractivity contribution is 9.10. The molecule has 0 saturated carbocycles. The zero-order chi connectivity index (χ0) is 14.7. The van der Waals surface area contributed by atoms with Gasteiger partial charge in [-0.15, -0.1) is 0 Å². The van der Waals surface area contributed by atoms with Gasteiger partial charge in [-0.2, -0.15) is 0 Å². The first-order valence-electron chi connectivity index (χ1n) is 6.51. The van der Waals surface area contributed by atoms with Crippen LogP contribution in [0.5, 0.6) is 0 Å². The SMILES string of the molecule is CC(C(=O)O)N1CCN(C(=O)c2ccccc2Br)CC1. The number of aliphatic carboxylic acids is 1. The Labute approximate surface area is 126 Å². The molecule has 1 aromatic rings. The number of halogens is 1. The molecule has 1 amide bonds. The van der Waals surface area contributed by atoms with E-state index in [0.29, 0.717) is 31.7 Å². The van der Waals surface area contributed by atoms with Crippen molar-refractivity contribution in [1.29, 1.82) is 0 Å². The fraction of sp³-hybridized carbons (Fsp3) is 0.429. The van der Waals surface area contributed by atoms with Gasteiger partial charge in [0.1, 0.15) is 6.04 Å². The summed E-state index contributed by atoms with van der Waals surface area (Å²) in [5.74, 6) is -0.837. The minimum absolute atomic E-state index is 0.0138. The van der Waals surface area contributed by atoms with E-state index in [1.165, 1.54) is 0 Å². The maximum Gasteiger partial charge on any atom is 0.320 e. The van der Waals surface area contributed by atoms with Gasteiger partial charge in [0.15, 0.2) is 0 Å². The number of carboxylic acids is 1. The minimum Gasteiger partial charge on any atom is -0.480 e. The van der Waals surface area contributed by atoms with E-state index in [-0.39, 0.29) is 5.91 Å². The van der Waals surface area contributed by atoms with Crippen LogP contribution in [0.2, 0.25) is 0 Å². The lowest BCUT2D eigenvalue weighted by molar-refractivity contribution is -0.143. The molecule has 1 aliphatic rings. The van der Waals surface area contributed by atoms with Crippen LogP contribution in [0.1, 0.15) is 17.3 Å². The summed E-state index contributed by atoms with van der Waals surface area (Å²) in [6, 6.07) is 6.83. The number of carboxylic acid groups (broad SMARTS) is 1. The average molecular weight is 341 g/mol. The molecule has 108 valence electrons. The Morgan fingerprint density at radius 3 is 2.35 bits per heavy atom. The topological polar surface area (TPSA) is 60.9 Å². The predicted octanol–water partition coefficient (Wildman–Crippen LogP) is 1.68. The van der Waals surface area contributed by atoms with E-state index in [1.54, 1.807) is 17.9 Å². The van der Waals surface area contributed by atoms with Crippen LogP contribution in [-0.2, 0) is 4.79 Å². The predicted molar refractivity (Wildman–Crippen MR) is 78.7 cm³/mol. The normalized spacial score (nSPS) is 17.8. The second kappa shape index (κ2) is 6.37. The van der Waals surface area contributed by atoms with Crippen molar-refractivity contribution in [2.75, 3.05) is 26.2 Å². The highest BCUT2D eigenvalue weighted by atomic mass is 79.9. The summed E-state index contributed by atoms with van der Waals surface area (Å²) in [4.78, 5) is 27.0. The fourth-order valence-corrected chi connectivity index (χ4v) is 2.73. The molecule has 1 aromatic carbocycles. The molecule has 0 spiro atoms. The summed E-state index contributed by atoms with van der Waals surface area (Å²) < 4.78 is 0.784. The number of benzene rings is 1. The zero-order valence-electron chi connectivity index (χ0n) is 11.3. The van der Waals surface area contributed by atoms with Gasteiger partial charge in [0.25, 0.3) is 5.91 Å². The molecule has 1 atom stereocenters. The van der Waals surface area contributed by atoms with Crippen LogP contribution in [0.4, 0.5) is 0 Å². The third-order valence-electron chi connectivity index (χ3n) is 3.61. The van der Waals surface area contributed by atoms with E-state index in [2.05, 4.69) is 15.9 Å². The van der Waals surface area contributed by atoms with Crippen molar-refractivity contribution < 1.29 is 14.7 Å². The number of rotatable bonds is 3. The van der Waals surface area contributed by atoms with Crippen LogP contribution in [0, 0.1) is 0 Å². The quantitative estimate of drug-likeness (QED) is 0.909. The number of carbonyl (C=O) groups is 2. The first-order chi connectivity index (χ1) is 9.50. The smallest absolute Gasteiger partial charge is 0.320 e. The summed E-state index contributed by atoms with van der Waals surface area (Å²) >= 11 is 3.38. The van der Waals surface area contributed by atoms with E-state index < -0.39 is 12.0 Å². The third-order valence-corrected chi connectivity index (χ3v) is 4.30. The molecule has 5 nitrogen and oxygen atoms in total. The number of amides is 1. The van der Waals surface area contributed by atoms with Crippen LogP contribution in [0.25, 0.3) is 0 Å². The van der Waals surface area contributed by atoms with Crippen molar-refractivity contribution in [3.63, 3.8) is 0 Å². The van der Waals surface area contributed by atoms with Crippen LogP contribution in [0.15, 0.2) is 28.7 Å². The van der Waals surface area contributed by atoms with Gasteiger partial charge in [0.05, 0.1) is 5.56 Å². The Balaban J connectivity index is 1.99. The number of carbonyl (C=O) groups excluding carboxylic acids is 1. The Hall–Kier alpha value is -1.40. The Morgan fingerprint density at radius 1 is 1.20 bits per heavy atom. The number of hydrogen-bond donors (Lipinski definition) is 1. The first kappa shape index (κ1) is 15.0. The molecule has 1 fully saturated rings. The second-order valence-corrected chi connectivity index (χ2v) is 5.68. The lowest BCUT2D eigenvalue weighted by Crippen LogP contribution is -2.53. The first-order valence-corrected chi connectivity index (χ1v) is 7.30. The standard InChI is InChI=1S/C14H17BrN2O3/c1-10(14(19)20)16-6-8-17(9-7-16)13(18)11-4-2-3-5-12(11)15/h2-5,10H,6-9H2,1H3,(H,19,20). The molecule has 0 bridgehead atoms. The van der Waals surface area contributed by atoms with Crippen LogP contribution >= 0.6 is 15.9 Å². The van der Waals surface area contributed by atoms with Gasteiger partial charge >= 0.3 is 5.97 Å². The Bertz CT molecular complexity index is 513. The van der Waals surface area contributed by atoms with Gasteiger partial charge in [-0.3, -0.25) is 14.5 Å². The second-order valence-electron chi connectivity index (χ2n) is 4.82. The maximum atomic E-state index is 12.4. The molecule has 2 rings (SSSR count). The van der Waals surface area contributed by atoms with Crippen molar-refractivity contribution in [3.8, 4) is 0 Å². The molecule has 6 heteroatoms. The van der Waals surface area contributed by atoms with Gasteiger partial charge in [0, 0.05) is 30.7 Å². The van der Waals surface area contributed by atoms with Crippen molar-refractivity contribution in [3.05, 3.63) is 34.3 Å². The summed E-state index contributed by atoms with van der Waals surface area (Å²) in [5.41, 5.74) is 0.646. The largest absolute Gasteiger partial charge is 0.480 e. The van der Waals surface area contributed by atoms with E-state index >= 15 is 0 Å². The third kappa shape index (κ3) is 3.19.